The monoisotopic (exact) mass is 608 g/mol. The van der Waals surface area contributed by atoms with Crippen LogP contribution in [0.1, 0.15) is 31.5 Å². The maximum atomic E-state index is 2.45. The Morgan fingerprint density at radius 2 is 1.13 bits per heavy atom. The van der Waals surface area contributed by atoms with E-state index in [2.05, 4.69) is 168 Å². The second-order valence-electron chi connectivity index (χ2n) is 11.7. The zero-order chi connectivity index (χ0) is 32.2. The third kappa shape index (κ3) is 5.57. The van der Waals surface area contributed by atoms with E-state index < -0.39 is 0 Å². The van der Waals surface area contributed by atoms with Crippen molar-refractivity contribution in [3.05, 3.63) is 169 Å². The zero-order valence-electron chi connectivity index (χ0n) is 27.4. The lowest BCUT2D eigenvalue weighted by molar-refractivity contribution is 0.888. The second kappa shape index (κ2) is 13.4. The number of allylic oxidation sites excluding steroid dienone is 1. The highest BCUT2D eigenvalue weighted by molar-refractivity contribution is 6.13. The number of para-hydroxylation sites is 3. The second-order valence-corrected chi connectivity index (χ2v) is 11.7. The van der Waals surface area contributed by atoms with Crippen LogP contribution in [0.25, 0.3) is 66.7 Å². The summed E-state index contributed by atoms with van der Waals surface area (Å²) < 4.78 is 4.80. The molecule has 0 N–H and O–H groups in total. The lowest BCUT2D eigenvalue weighted by Crippen LogP contribution is -2.02. The number of aromatic nitrogens is 2. The van der Waals surface area contributed by atoms with E-state index in [0.717, 1.165) is 12.8 Å². The molecule has 0 spiro atoms. The standard InChI is InChI=1S/C31H24N2.C12H10.C2H6/c1-32-28-16-7-5-12-24(28)26-15-9-14-23(31(26)32)21-18-19-30-27(20-21)25-13-6-8-17-29(25)33(30)22-10-3-2-4-11-22;1-3-7-11(8-4-1)12-9-5-2-6-10-12;1-2/h2-7,9-16,18-20H,8,17H2,1H3;1-10H;1-2H3. The van der Waals surface area contributed by atoms with E-state index in [0.29, 0.717) is 0 Å². The molecule has 0 radical (unpaired) electrons. The molecular weight excluding hydrogens is 569 g/mol. The predicted molar refractivity (Wildman–Crippen MR) is 203 cm³/mol. The Labute approximate surface area is 277 Å². The molecule has 1 aliphatic carbocycles. The average molecular weight is 609 g/mol. The van der Waals surface area contributed by atoms with Gasteiger partial charge in [0.15, 0.2) is 0 Å². The van der Waals surface area contributed by atoms with E-state index in [4.69, 9.17) is 0 Å². The molecule has 230 valence electrons. The van der Waals surface area contributed by atoms with Crippen LogP contribution in [0.15, 0.2) is 158 Å². The molecule has 9 rings (SSSR count). The quantitative estimate of drug-likeness (QED) is 0.189. The maximum Gasteiger partial charge on any atom is 0.0568 e. The van der Waals surface area contributed by atoms with Crippen molar-refractivity contribution < 1.29 is 0 Å². The van der Waals surface area contributed by atoms with E-state index in [1.165, 1.54) is 71.9 Å². The minimum absolute atomic E-state index is 1.07. The Morgan fingerprint density at radius 3 is 1.83 bits per heavy atom. The van der Waals surface area contributed by atoms with Crippen molar-refractivity contribution in [3.63, 3.8) is 0 Å². The molecule has 2 heteroatoms. The molecule has 6 aromatic carbocycles. The average Bonchev–Trinajstić information content (AvgIpc) is 3.65. The van der Waals surface area contributed by atoms with Gasteiger partial charge >= 0.3 is 0 Å². The van der Waals surface area contributed by atoms with Crippen molar-refractivity contribution in [2.45, 2.75) is 26.7 Å². The van der Waals surface area contributed by atoms with Gasteiger partial charge in [0.2, 0.25) is 0 Å². The predicted octanol–water partition coefficient (Wildman–Crippen LogP) is 12.3. The van der Waals surface area contributed by atoms with Crippen molar-refractivity contribution in [2.24, 2.45) is 7.05 Å². The van der Waals surface area contributed by atoms with Crippen molar-refractivity contribution >= 4 is 38.8 Å². The number of nitrogens with zero attached hydrogens (tertiary/aromatic N) is 2. The third-order valence-corrected chi connectivity index (χ3v) is 9.07. The highest BCUT2D eigenvalue weighted by Crippen LogP contribution is 2.39. The van der Waals surface area contributed by atoms with Gasteiger partial charge in [0.25, 0.3) is 0 Å². The Morgan fingerprint density at radius 1 is 0.511 bits per heavy atom. The molecule has 0 atom stereocenters. The molecule has 0 bridgehead atoms. The number of rotatable bonds is 3. The molecule has 2 heterocycles. The van der Waals surface area contributed by atoms with Gasteiger partial charge in [0.05, 0.1) is 11.0 Å². The summed E-state index contributed by atoms with van der Waals surface area (Å²) in [5.41, 5.74) is 13.0. The third-order valence-electron chi connectivity index (χ3n) is 9.07. The van der Waals surface area contributed by atoms with Crippen LogP contribution in [0.2, 0.25) is 0 Å². The molecule has 0 saturated carbocycles. The van der Waals surface area contributed by atoms with E-state index in [-0.39, 0.29) is 0 Å². The van der Waals surface area contributed by atoms with Crippen LogP contribution in [0.5, 0.6) is 0 Å². The van der Waals surface area contributed by atoms with Crippen molar-refractivity contribution in [3.8, 4) is 27.9 Å². The fraction of sp³-hybridized carbons (Fsp3) is 0.111. The van der Waals surface area contributed by atoms with Gasteiger partial charge in [0.1, 0.15) is 0 Å². The molecule has 0 aliphatic heterocycles. The maximum absolute atomic E-state index is 2.45. The van der Waals surface area contributed by atoms with E-state index in [1.54, 1.807) is 0 Å². The molecular formula is C45H40N2. The summed E-state index contributed by atoms with van der Waals surface area (Å²) in [6.45, 7) is 4.00. The van der Waals surface area contributed by atoms with Gasteiger partial charge in [-0.25, -0.2) is 0 Å². The van der Waals surface area contributed by atoms with Crippen LogP contribution in [0, 0.1) is 0 Å². The molecule has 8 aromatic rings. The van der Waals surface area contributed by atoms with E-state index in [9.17, 15) is 0 Å². The van der Waals surface area contributed by atoms with E-state index in [1.807, 2.05) is 26.0 Å². The van der Waals surface area contributed by atoms with Crippen molar-refractivity contribution in [1.29, 1.82) is 0 Å². The fourth-order valence-corrected chi connectivity index (χ4v) is 6.99. The van der Waals surface area contributed by atoms with Gasteiger partial charge in [-0.2, -0.15) is 0 Å². The van der Waals surface area contributed by atoms with Crippen LogP contribution in [-0.2, 0) is 13.5 Å². The summed E-state index contributed by atoms with van der Waals surface area (Å²) in [6.07, 6.45) is 6.80. The summed E-state index contributed by atoms with van der Waals surface area (Å²) in [5.74, 6) is 0. The van der Waals surface area contributed by atoms with Crippen LogP contribution < -0.4 is 0 Å². The molecule has 2 nitrogen and oxygen atoms in total. The highest BCUT2D eigenvalue weighted by atomic mass is 15.0. The molecule has 1 aliphatic rings. The molecule has 0 fully saturated rings. The summed E-state index contributed by atoms with van der Waals surface area (Å²) in [4.78, 5) is 0. The van der Waals surface area contributed by atoms with E-state index >= 15 is 0 Å². The van der Waals surface area contributed by atoms with Crippen LogP contribution in [0.3, 0.4) is 0 Å². The molecule has 47 heavy (non-hydrogen) atoms. The largest absolute Gasteiger partial charge is 0.343 e. The first-order valence-corrected chi connectivity index (χ1v) is 16.7. The summed E-state index contributed by atoms with van der Waals surface area (Å²) in [7, 11) is 2.18. The van der Waals surface area contributed by atoms with Crippen molar-refractivity contribution in [2.75, 3.05) is 0 Å². The van der Waals surface area contributed by atoms with Crippen LogP contribution >= 0.6 is 0 Å². The zero-order valence-corrected chi connectivity index (χ0v) is 27.4. The molecule has 0 unspecified atom stereocenters. The SMILES string of the molecule is CC.Cn1c2ccccc2c2cccc(-c3ccc4c(c3)c3c(n4-c4ccccc4)CCC=C3)c21.c1ccc(-c2ccccc2)cc1. The summed E-state index contributed by atoms with van der Waals surface area (Å²) in [6, 6.07) is 53.9. The Hall–Kier alpha value is -5.60. The number of benzene rings is 6. The van der Waals surface area contributed by atoms with Gasteiger partial charge < -0.3 is 9.13 Å². The summed E-state index contributed by atoms with van der Waals surface area (Å²) in [5, 5.41) is 3.96. The Balaban J connectivity index is 0.000000211. The Bertz CT molecular complexity index is 2270. The number of fused-ring (bicyclic) bond motifs is 6. The van der Waals surface area contributed by atoms with Gasteiger partial charge in [-0.3, -0.25) is 0 Å². The van der Waals surface area contributed by atoms with Gasteiger partial charge in [-0.15, -0.1) is 0 Å². The normalized spacial score (nSPS) is 11.9. The molecule has 0 saturated heterocycles. The van der Waals surface area contributed by atoms with Crippen LogP contribution in [0.4, 0.5) is 0 Å². The lowest BCUT2D eigenvalue weighted by Gasteiger charge is -2.13. The lowest BCUT2D eigenvalue weighted by atomic mass is 9.97. The van der Waals surface area contributed by atoms with Gasteiger partial charge in [0, 0.05) is 51.2 Å². The molecule has 2 aromatic heterocycles. The van der Waals surface area contributed by atoms with Gasteiger partial charge in [-0.1, -0.05) is 147 Å². The van der Waals surface area contributed by atoms with Gasteiger partial charge in [-0.05, 0) is 59.9 Å². The number of hydrogen-bond donors (Lipinski definition) is 0. The minimum atomic E-state index is 1.07. The van der Waals surface area contributed by atoms with Crippen LogP contribution in [-0.4, -0.2) is 9.13 Å². The fourth-order valence-electron chi connectivity index (χ4n) is 6.99. The first-order valence-electron chi connectivity index (χ1n) is 16.7. The minimum Gasteiger partial charge on any atom is -0.343 e. The Kier molecular flexibility index (Phi) is 8.58. The smallest absolute Gasteiger partial charge is 0.0568 e. The first kappa shape index (κ1) is 30.1. The highest BCUT2D eigenvalue weighted by Gasteiger charge is 2.20. The topological polar surface area (TPSA) is 9.86 Å². The van der Waals surface area contributed by atoms with Crippen molar-refractivity contribution in [1.82, 2.24) is 9.13 Å². The number of hydrogen-bond acceptors (Lipinski definition) is 0. The molecule has 0 amide bonds. The first-order chi connectivity index (χ1) is 23.3. The summed E-state index contributed by atoms with van der Waals surface area (Å²) >= 11 is 0. The number of aryl methyl sites for hydroxylation is 1.